The Hall–Kier alpha value is -7.42. The van der Waals surface area contributed by atoms with E-state index in [0.717, 1.165) is 84.1 Å². The number of aliphatic carboxylic acids is 8. The van der Waals surface area contributed by atoms with Gasteiger partial charge in [-0.3, -0.25) is 45.1 Å². The molecule has 826 valence electrons. The maximum atomic E-state index is 9.00. The number of benzene rings is 12. The van der Waals surface area contributed by atoms with E-state index >= 15 is 0 Å². The molecule has 150 heavy (non-hydrogen) atoms. The van der Waals surface area contributed by atoms with Crippen molar-refractivity contribution in [3.8, 4) is 11.1 Å². The first-order chi connectivity index (χ1) is 68.5. The number of rotatable bonds is 16. The standard InChI is InChI=1S/C33H24P.C20H24P.C18H22P.C17H19P.C6H11.C5H10.8C2H4O2.CHO.4CH3.3ClH.2Fe.4Ru/c1-24-20-21-25-12-8-10-18-29(25)32(24)33-30-19-11-9-13-26(30)22-23-31(33)34(27-14-4-2-5-15-27)28-16-6-3-7-17-28;1-16(2)19-14-9-15-20(19)21(17-10-5-3-6-11-17)18-12-7-4-8-13-18;1-15(2)14-16(3)19(17-10-6-4-7-11-17)18-12-8-5-9-13-18;1-3-9-15(10-4-1)18(17-13-7-8-14-17)16-11-5-2-6-12-16;1-6-4-2-3-5-6;1-2-4-5-3-1;8*1-2(3)4;1-2;;;;;;;;;;;;;/h2-23H,1H2;3-8,10-13,16,19-20H,1,9,14-15H2,2H3;4-13,15-16H,1,14H2,2-3H3;1-6,9-12,17H,7-8,13-14H2;6H,1-5H2;1-5H2;8*1H3,(H,3,4);1H;4*1H3;3*1H;;;;;;/q3*-1;;-1;;;;;;;;;;5*-1;;;;6*+2/p+1/t;;15-,16-;;;;;;;;;;;;;;;;;;;;;;;;;/m..1........................./s1. The average Bonchev–Trinajstić information content (AvgIpc) is 1.38. The molecule has 0 amide bonds. The number of fused-ring (bicyclic) bond motifs is 2. The fourth-order valence-electron chi connectivity index (χ4n) is 16.6. The van der Waals surface area contributed by atoms with Gasteiger partial charge in [0.15, 0.2) is 0 Å². The van der Waals surface area contributed by atoms with Crippen molar-refractivity contribution in [1.29, 1.82) is 0 Å². The molecule has 0 radical (unpaired) electrons. The van der Waals surface area contributed by atoms with Gasteiger partial charge in [0.2, 0.25) is 0 Å². The van der Waals surface area contributed by atoms with Crippen molar-refractivity contribution >= 4 is 185 Å². The molecule has 5 atom stereocenters. The summed E-state index contributed by atoms with van der Waals surface area (Å²) in [6.07, 6.45) is 24.1. The van der Waals surface area contributed by atoms with Gasteiger partial charge in [-0.2, -0.15) is 36.3 Å². The van der Waals surface area contributed by atoms with Crippen LogP contribution in [0.4, 0.5) is 0 Å². The molecule has 0 bridgehead atoms. The second kappa shape index (κ2) is 101. The van der Waals surface area contributed by atoms with Crippen LogP contribution in [0.25, 0.3) is 32.7 Å². The van der Waals surface area contributed by atoms with Crippen LogP contribution >= 0.6 is 60.8 Å². The maximum absolute atomic E-state index is 9.00. The molecule has 4 fully saturated rings. The van der Waals surface area contributed by atoms with Crippen LogP contribution in [-0.4, -0.2) is 112 Å². The average molecular weight is 2620 g/mol. The summed E-state index contributed by atoms with van der Waals surface area (Å²) < 4.78 is 0. The molecule has 0 saturated heterocycles. The van der Waals surface area contributed by atoms with Crippen molar-refractivity contribution in [3.63, 3.8) is 0 Å². The molecule has 0 aliphatic heterocycles. The van der Waals surface area contributed by atoms with Crippen LogP contribution in [0.2, 0.25) is 0 Å². The molecule has 4 aliphatic rings. The molecule has 3 unspecified atom stereocenters. The zero-order chi connectivity index (χ0) is 108. The van der Waals surface area contributed by atoms with Gasteiger partial charge in [0, 0.05) is 55.4 Å². The SMILES string of the molecule is C1CCCC1.CC(=O)O.CC(=O)O.CC(=O)O.CC(=O)O.CC(=O)O.CC(=O)O.CC(=O)O.CC(=O)O.[CH-]=O.[CH2-]C(C)C1CCCC1[PH+](c1ccccc1)c1ccccc1.[CH2-]C1CCCC1.[CH2-][C@H](C)C[C@@H](C)[PH+](c1ccccc1)c1ccccc1.[CH2-]c1ccc2ccccc2c1-c1c([PH+](c2ccccc2)c2ccccc2)ccc2ccccc12.[CH3-].[CH3-].[CH3-].[CH3-].[Cl][Ru+].[Cl][Ru+].[Cl][Ru+].[Fe+2].[Fe+2].[Ru+2].c1ccc([PH+](c2ccccc2)C2CCCC2)cc1. The molecule has 0 spiro atoms. The fourth-order valence-corrected chi connectivity index (χ4v) is 29.6. The van der Waals surface area contributed by atoms with E-state index in [-0.39, 0.29) is 83.3 Å². The van der Waals surface area contributed by atoms with Crippen LogP contribution in [-0.2, 0) is 149 Å². The molecule has 8 N–H and O–H groups in total. The van der Waals surface area contributed by atoms with Crippen LogP contribution in [0.15, 0.2) is 315 Å². The van der Waals surface area contributed by atoms with Crippen LogP contribution in [0.3, 0.4) is 0 Å². The minimum atomic E-state index is -1.26. The third-order valence-electron chi connectivity index (χ3n) is 21.5. The molecule has 17 nitrogen and oxygen atoms in total. The zero-order valence-electron chi connectivity index (χ0n) is 89.0. The largest absolute Gasteiger partial charge is 2.00 e. The summed E-state index contributed by atoms with van der Waals surface area (Å²) in [5.74, 6) is -4.00. The van der Waals surface area contributed by atoms with E-state index < -0.39 is 79.4 Å². The molecular formula is C120H159Cl3Fe2O17P4Ru4+4. The maximum Gasteiger partial charge on any atom is 2.00 e. The van der Waals surface area contributed by atoms with Gasteiger partial charge in [0.1, 0.15) is 10.6 Å². The van der Waals surface area contributed by atoms with E-state index in [1.165, 1.54) is 168 Å². The van der Waals surface area contributed by atoms with Crippen LogP contribution in [0.1, 0.15) is 191 Å². The molecule has 30 heteroatoms. The van der Waals surface area contributed by atoms with Gasteiger partial charge >= 0.3 is 135 Å². The second-order valence-electron chi connectivity index (χ2n) is 33.5. The number of halogens is 3. The van der Waals surface area contributed by atoms with Gasteiger partial charge in [-0.05, 0) is 189 Å². The van der Waals surface area contributed by atoms with Gasteiger partial charge in [-0.15, -0.1) is 11.6 Å². The Morgan fingerprint density at radius 3 is 0.833 bits per heavy atom. The first kappa shape index (κ1) is 160. The van der Waals surface area contributed by atoms with Gasteiger partial charge in [0.25, 0.3) is 47.8 Å². The summed E-state index contributed by atoms with van der Waals surface area (Å²) in [6.45, 7) is 35.8. The molecule has 0 heterocycles. The van der Waals surface area contributed by atoms with Crippen molar-refractivity contribution in [1.82, 2.24) is 0 Å². The third-order valence-corrected chi connectivity index (χ3v) is 34.1. The van der Waals surface area contributed by atoms with Crippen molar-refractivity contribution in [2.75, 3.05) is 0 Å². The Bertz CT molecular complexity index is 5040. The molecule has 16 rings (SSSR count). The Labute approximate surface area is 980 Å². The van der Waals surface area contributed by atoms with E-state index in [1.807, 2.05) is 51.9 Å². The van der Waals surface area contributed by atoms with Gasteiger partial charge < -0.3 is 96.1 Å². The number of hydrogen-bond acceptors (Lipinski definition) is 9. The summed E-state index contributed by atoms with van der Waals surface area (Å²) >= 11 is 5.47. The van der Waals surface area contributed by atoms with Crippen LogP contribution in [0, 0.1) is 81.1 Å². The Balaban J connectivity index is -0.000000219. The molecule has 12 aromatic carbocycles. The minimum Gasteiger partial charge on any atom is -0.0620 e. The summed E-state index contributed by atoms with van der Waals surface area (Å²) in [5, 5.41) is 77.9. The van der Waals surface area contributed by atoms with E-state index in [9.17, 15) is 0 Å². The number of carbonyl (C=O) groups is 8. The van der Waals surface area contributed by atoms with Crippen molar-refractivity contribution in [2.24, 2.45) is 23.7 Å². The van der Waals surface area contributed by atoms with Gasteiger partial charge in [-0.25, -0.2) is 0 Å². The van der Waals surface area contributed by atoms with Crippen molar-refractivity contribution in [3.05, 3.63) is 378 Å². The number of carboxylic acid groups (broad SMARTS) is 8. The minimum absolute atomic E-state index is 0. The second-order valence-corrected chi connectivity index (χ2v) is 44.5. The van der Waals surface area contributed by atoms with Crippen LogP contribution in [0.5, 0.6) is 0 Å². The number of carbonyl (C=O) groups excluding carboxylic acids is 1. The Morgan fingerprint density at radius 2 is 0.567 bits per heavy atom. The Morgan fingerprint density at radius 1 is 0.327 bits per heavy atom. The molecule has 4 aliphatic carbocycles. The number of carboxylic acids is 8. The fraction of sp³-hybridized carbons (Fsp3) is 0.292. The zero-order valence-corrected chi connectivity index (χ0v) is 104. The molecule has 0 aromatic heterocycles. The van der Waals surface area contributed by atoms with Crippen molar-refractivity contribution < 1.29 is 190 Å². The van der Waals surface area contributed by atoms with E-state index in [4.69, 9.17) is 84.0 Å². The normalized spacial score (nSPS) is 12.9. The van der Waals surface area contributed by atoms with Crippen molar-refractivity contribution in [2.45, 2.75) is 202 Å². The summed E-state index contributed by atoms with van der Waals surface area (Å²) in [6, 6.07) is 115. The van der Waals surface area contributed by atoms with Crippen LogP contribution < -0.4 is 47.7 Å². The molecule has 4 saturated carbocycles. The first-order valence-corrected chi connectivity index (χ1v) is 59.9. The van der Waals surface area contributed by atoms with Gasteiger partial charge in [-0.1, -0.05) is 277 Å². The summed E-state index contributed by atoms with van der Waals surface area (Å²) in [7, 11) is 10.4. The third kappa shape index (κ3) is 73.1. The smallest absolute Gasteiger partial charge is 0.0620 e. The topological polar surface area (TPSA) is 315 Å². The monoisotopic (exact) mass is 2620 g/mol. The summed E-state index contributed by atoms with van der Waals surface area (Å²) in [5.41, 5.74) is 6.09. The predicted molar refractivity (Wildman–Crippen MR) is 626 cm³/mol. The van der Waals surface area contributed by atoms with E-state index in [0.29, 0.717) is 17.5 Å². The number of hydrogen-bond donors (Lipinski definition) is 8. The van der Waals surface area contributed by atoms with E-state index in [1.54, 1.807) is 21.2 Å². The summed E-state index contributed by atoms with van der Waals surface area (Å²) in [4.78, 5) is 79.8. The molecule has 12 aromatic rings. The predicted octanol–water partition coefficient (Wildman–Crippen LogP) is 28.0. The van der Waals surface area contributed by atoms with Gasteiger partial charge in [0.05, 0.1) is 85.8 Å². The first-order valence-electron chi connectivity index (χ1n) is 46.9. The quantitative estimate of drug-likeness (QED) is 0.0193. The van der Waals surface area contributed by atoms with E-state index in [2.05, 4.69) is 400 Å². The Kier molecular flexibility index (Phi) is 108. The molecular weight excluding hydrogens is 2460 g/mol.